The van der Waals surface area contributed by atoms with Crippen LogP contribution in [0.4, 0.5) is 23.3 Å². The minimum Gasteiger partial charge on any atom is -0.373 e. The predicted molar refractivity (Wildman–Crippen MR) is 196 cm³/mol. The molecular weight excluding hydrogens is 660 g/mol. The Morgan fingerprint density at radius 3 is 2.12 bits per heavy atom. The SMILES string of the molecule is CNc1ncc(C(=O)N2CCCC2)c2cc(NC(=O)C3CC3c3cnc4nc(-c5cnc(NC)c6cnc(NC(=O)C7CC7)cc56)cn4c3)ncc12. The van der Waals surface area contributed by atoms with E-state index in [9.17, 15) is 14.4 Å². The zero-order valence-corrected chi connectivity index (χ0v) is 28.7. The molecule has 0 spiro atoms. The molecule has 262 valence electrons. The Labute approximate surface area is 297 Å². The lowest BCUT2D eigenvalue weighted by molar-refractivity contribution is -0.118. The fourth-order valence-electron chi connectivity index (χ4n) is 7.14. The average molecular weight is 697 g/mol. The first-order chi connectivity index (χ1) is 25.4. The highest BCUT2D eigenvalue weighted by molar-refractivity contribution is 6.10. The molecule has 0 bridgehead atoms. The van der Waals surface area contributed by atoms with Gasteiger partial charge in [-0.15, -0.1) is 0 Å². The topological polar surface area (TPSA) is 184 Å². The maximum atomic E-state index is 13.5. The average Bonchev–Trinajstić information content (AvgIpc) is 4.08. The molecule has 15 nitrogen and oxygen atoms in total. The van der Waals surface area contributed by atoms with Crippen LogP contribution in [0.25, 0.3) is 38.6 Å². The molecule has 2 aliphatic carbocycles. The van der Waals surface area contributed by atoms with Crippen molar-refractivity contribution in [1.82, 2.24) is 39.2 Å². The summed E-state index contributed by atoms with van der Waals surface area (Å²) in [6, 6.07) is 3.62. The molecule has 2 atom stereocenters. The van der Waals surface area contributed by atoms with Gasteiger partial charge in [-0.25, -0.2) is 29.9 Å². The Balaban J connectivity index is 0.952. The number of nitrogens with zero attached hydrogens (tertiary/aromatic N) is 8. The van der Waals surface area contributed by atoms with E-state index in [4.69, 9.17) is 4.98 Å². The van der Waals surface area contributed by atoms with E-state index in [2.05, 4.69) is 46.2 Å². The van der Waals surface area contributed by atoms with Crippen LogP contribution in [0.15, 0.2) is 55.5 Å². The van der Waals surface area contributed by atoms with Gasteiger partial charge in [0, 0.05) is 110 Å². The second kappa shape index (κ2) is 12.5. The van der Waals surface area contributed by atoms with Gasteiger partial charge < -0.3 is 26.2 Å². The molecule has 4 N–H and O–H groups in total. The molecule has 6 aromatic heterocycles. The molecule has 3 fully saturated rings. The van der Waals surface area contributed by atoms with E-state index in [0.29, 0.717) is 57.5 Å². The molecule has 0 radical (unpaired) electrons. The second-order valence-electron chi connectivity index (χ2n) is 13.7. The van der Waals surface area contributed by atoms with E-state index < -0.39 is 0 Å². The van der Waals surface area contributed by atoms with Crippen molar-refractivity contribution >= 4 is 68.3 Å². The van der Waals surface area contributed by atoms with Gasteiger partial charge in [0.25, 0.3) is 5.91 Å². The monoisotopic (exact) mass is 696 g/mol. The summed E-state index contributed by atoms with van der Waals surface area (Å²) in [4.78, 5) is 68.6. The summed E-state index contributed by atoms with van der Waals surface area (Å²) in [5.41, 5.74) is 2.87. The zero-order chi connectivity index (χ0) is 35.5. The van der Waals surface area contributed by atoms with E-state index in [1.165, 1.54) is 0 Å². The molecule has 15 heteroatoms. The first-order valence-corrected chi connectivity index (χ1v) is 17.6. The summed E-state index contributed by atoms with van der Waals surface area (Å²) < 4.78 is 1.87. The number of hydrogen-bond acceptors (Lipinski definition) is 11. The van der Waals surface area contributed by atoms with Crippen LogP contribution in [-0.4, -0.2) is 84.1 Å². The third-order valence-electron chi connectivity index (χ3n) is 10.3. The van der Waals surface area contributed by atoms with Crippen LogP contribution in [0.1, 0.15) is 53.9 Å². The third-order valence-corrected chi connectivity index (χ3v) is 10.3. The zero-order valence-electron chi connectivity index (χ0n) is 28.7. The summed E-state index contributed by atoms with van der Waals surface area (Å²) in [5, 5.41) is 15.2. The van der Waals surface area contributed by atoms with Crippen LogP contribution in [0.5, 0.6) is 0 Å². The maximum Gasteiger partial charge on any atom is 0.256 e. The standard InChI is InChI=1S/C37H36N12O3/c1-38-32-26-14-40-30(46-34(50)19-5-6-19)10-22(26)25(13-42-32)29-18-49-17-20(12-44-37(49)45-29)21-9-24(21)35(51)47-31-11-23-27(15-41-31)33(39-2)43-16-28(23)36(52)48-7-3-4-8-48/h10-19,21,24H,3-9H2,1-2H3,(H,38,42)(H,39,43)(H,40,46,50)(H,41,47,51). The number of aromatic nitrogens is 7. The van der Waals surface area contributed by atoms with E-state index >= 15 is 0 Å². The van der Waals surface area contributed by atoms with Crippen molar-refractivity contribution in [1.29, 1.82) is 0 Å². The molecule has 0 aromatic carbocycles. The van der Waals surface area contributed by atoms with Crippen LogP contribution in [-0.2, 0) is 9.59 Å². The normalized spacial score (nSPS) is 18.2. The van der Waals surface area contributed by atoms with Crippen LogP contribution in [0.2, 0.25) is 0 Å². The Morgan fingerprint density at radius 1 is 0.731 bits per heavy atom. The van der Waals surface area contributed by atoms with E-state index in [0.717, 1.165) is 60.7 Å². The molecule has 2 saturated carbocycles. The fraction of sp³-hybridized carbons (Fsp3) is 0.324. The molecule has 6 aromatic rings. The van der Waals surface area contributed by atoms with Gasteiger partial charge in [-0.2, -0.15) is 0 Å². The van der Waals surface area contributed by atoms with Crippen LogP contribution >= 0.6 is 0 Å². The molecular formula is C37H36N12O3. The van der Waals surface area contributed by atoms with Gasteiger partial charge >= 0.3 is 0 Å². The quantitative estimate of drug-likeness (QED) is 0.164. The molecule has 7 heterocycles. The smallest absolute Gasteiger partial charge is 0.256 e. The van der Waals surface area contributed by atoms with Crippen LogP contribution in [0.3, 0.4) is 0 Å². The Bertz CT molecular complexity index is 2430. The van der Waals surface area contributed by atoms with Gasteiger partial charge in [0.2, 0.25) is 17.6 Å². The van der Waals surface area contributed by atoms with Crippen LogP contribution in [0, 0.1) is 11.8 Å². The third kappa shape index (κ3) is 5.67. The molecule has 1 aliphatic heterocycles. The lowest BCUT2D eigenvalue weighted by atomic mass is 10.1. The lowest BCUT2D eigenvalue weighted by Gasteiger charge is -2.17. The minimum absolute atomic E-state index is 0.0134. The van der Waals surface area contributed by atoms with Gasteiger partial charge in [-0.1, -0.05) is 0 Å². The van der Waals surface area contributed by atoms with Crippen molar-refractivity contribution in [3.63, 3.8) is 0 Å². The van der Waals surface area contributed by atoms with Gasteiger partial charge in [0.15, 0.2) is 0 Å². The number of fused-ring (bicyclic) bond motifs is 3. The van der Waals surface area contributed by atoms with Crippen LogP contribution < -0.4 is 21.3 Å². The van der Waals surface area contributed by atoms with Gasteiger partial charge in [-0.05, 0) is 55.7 Å². The van der Waals surface area contributed by atoms with Gasteiger partial charge in [0.05, 0.1) is 11.3 Å². The lowest BCUT2D eigenvalue weighted by Crippen LogP contribution is -2.28. The Kier molecular flexibility index (Phi) is 7.63. The Hall–Kier alpha value is -6.25. The van der Waals surface area contributed by atoms with E-state index in [1.807, 2.05) is 27.8 Å². The molecule has 2 unspecified atom stereocenters. The van der Waals surface area contributed by atoms with E-state index in [-0.39, 0.29) is 35.5 Å². The highest BCUT2D eigenvalue weighted by Gasteiger charge is 2.44. The second-order valence-corrected chi connectivity index (χ2v) is 13.7. The number of likely N-dealkylation sites (tertiary alicyclic amines) is 1. The Morgan fingerprint density at radius 2 is 1.40 bits per heavy atom. The van der Waals surface area contributed by atoms with Crippen molar-refractivity contribution in [3.8, 4) is 11.3 Å². The molecule has 9 rings (SSSR count). The molecule has 1 saturated heterocycles. The highest BCUT2D eigenvalue weighted by atomic mass is 16.2. The maximum absolute atomic E-state index is 13.5. The van der Waals surface area contributed by atoms with Crippen molar-refractivity contribution in [3.05, 3.63) is 66.6 Å². The first kappa shape index (κ1) is 31.7. The summed E-state index contributed by atoms with van der Waals surface area (Å²) in [5.74, 6) is 2.23. The number of carbonyl (C=O) groups is 3. The predicted octanol–water partition coefficient (Wildman–Crippen LogP) is 4.69. The van der Waals surface area contributed by atoms with Crippen molar-refractivity contribution in [2.75, 3.05) is 48.5 Å². The van der Waals surface area contributed by atoms with Crippen molar-refractivity contribution in [2.45, 2.75) is 38.0 Å². The molecule has 3 aliphatic rings. The van der Waals surface area contributed by atoms with E-state index in [1.54, 1.807) is 51.1 Å². The summed E-state index contributed by atoms with van der Waals surface area (Å²) in [6.07, 6.45) is 16.8. The van der Waals surface area contributed by atoms with Gasteiger partial charge in [0.1, 0.15) is 23.3 Å². The number of amides is 3. The van der Waals surface area contributed by atoms with Crippen molar-refractivity contribution < 1.29 is 14.4 Å². The summed E-state index contributed by atoms with van der Waals surface area (Å²) in [7, 11) is 3.58. The number of anilines is 4. The summed E-state index contributed by atoms with van der Waals surface area (Å²) >= 11 is 0. The number of rotatable bonds is 9. The largest absolute Gasteiger partial charge is 0.373 e. The first-order valence-electron chi connectivity index (χ1n) is 17.6. The van der Waals surface area contributed by atoms with Gasteiger partial charge in [-0.3, -0.25) is 18.8 Å². The summed E-state index contributed by atoms with van der Waals surface area (Å²) in [6.45, 7) is 1.45. The van der Waals surface area contributed by atoms with Crippen molar-refractivity contribution in [2.24, 2.45) is 11.8 Å². The molecule has 3 amide bonds. The minimum atomic E-state index is -0.255. The number of pyridine rings is 4. The number of nitrogens with one attached hydrogen (secondary N) is 4. The number of carbonyl (C=O) groups excluding carboxylic acids is 3. The number of hydrogen-bond donors (Lipinski definition) is 4. The number of imidazole rings is 1. The molecule has 52 heavy (non-hydrogen) atoms. The fourth-order valence-corrected chi connectivity index (χ4v) is 7.14. The highest BCUT2D eigenvalue weighted by Crippen LogP contribution is 2.48.